The van der Waals surface area contributed by atoms with Gasteiger partial charge in [0.2, 0.25) is 0 Å². The van der Waals surface area contributed by atoms with Gasteiger partial charge in [0.25, 0.3) is 15.9 Å². The number of anilines is 1. The second kappa shape index (κ2) is 10.1. The minimum absolute atomic E-state index is 0.118. The van der Waals surface area contributed by atoms with E-state index in [4.69, 9.17) is 16.3 Å². The number of amides is 1. The molecule has 0 saturated carbocycles. The number of rotatable bonds is 8. The first-order valence-electron chi connectivity index (χ1n) is 9.99. The molecule has 0 aliphatic carbocycles. The number of carbonyl (C=O) groups is 1. The van der Waals surface area contributed by atoms with Gasteiger partial charge in [0.15, 0.2) is 6.61 Å². The van der Waals surface area contributed by atoms with Crippen LogP contribution in [-0.4, -0.2) is 20.9 Å². The Morgan fingerprint density at radius 1 is 0.906 bits per heavy atom. The first-order chi connectivity index (χ1) is 15.1. The van der Waals surface area contributed by atoms with E-state index in [9.17, 15) is 13.2 Å². The van der Waals surface area contributed by atoms with Crippen LogP contribution in [0.1, 0.15) is 22.3 Å². The minimum atomic E-state index is -3.75. The maximum atomic E-state index is 12.7. The molecule has 0 spiro atoms. The molecule has 32 heavy (non-hydrogen) atoms. The summed E-state index contributed by atoms with van der Waals surface area (Å²) in [5.41, 5.74) is 4.12. The fraction of sp³-hybridized carbons (Fsp3) is 0.208. The molecular weight excluding hydrogens is 448 g/mol. The summed E-state index contributed by atoms with van der Waals surface area (Å²) in [5.74, 6) is 0.157. The zero-order valence-electron chi connectivity index (χ0n) is 18.1. The number of nitrogens with one attached hydrogen (secondary N) is 2. The van der Waals surface area contributed by atoms with Gasteiger partial charge in [-0.3, -0.25) is 9.52 Å². The van der Waals surface area contributed by atoms with E-state index in [2.05, 4.69) is 10.0 Å². The van der Waals surface area contributed by atoms with Crippen LogP contribution in [0.4, 0.5) is 5.69 Å². The Morgan fingerprint density at radius 3 is 2.28 bits per heavy atom. The number of sulfonamides is 1. The average molecular weight is 473 g/mol. The Kier molecular flexibility index (Phi) is 7.43. The zero-order chi connectivity index (χ0) is 23.3. The van der Waals surface area contributed by atoms with Crippen LogP contribution in [0.2, 0.25) is 5.02 Å². The van der Waals surface area contributed by atoms with Gasteiger partial charge in [-0.2, -0.15) is 0 Å². The van der Waals surface area contributed by atoms with Crippen molar-refractivity contribution in [2.75, 3.05) is 11.3 Å². The molecule has 0 radical (unpaired) electrons. The highest BCUT2D eigenvalue weighted by molar-refractivity contribution is 7.92. The van der Waals surface area contributed by atoms with Crippen molar-refractivity contribution in [3.8, 4) is 5.75 Å². The van der Waals surface area contributed by atoms with Gasteiger partial charge in [-0.25, -0.2) is 8.42 Å². The maximum Gasteiger partial charge on any atom is 0.261 e. The van der Waals surface area contributed by atoms with Gasteiger partial charge in [-0.05, 0) is 85.5 Å². The molecule has 3 aromatic rings. The minimum Gasteiger partial charge on any atom is -0.484 e. The van der Waals surface area contributed by atoms with Crippen molar-refractivity contribution in [1.29, 1.82) is 0 Å². The molecule has 0 heterocycles. The molecule has 3 aromatic carbocycles. The molecule has 3 rings (SSSR count). The van der Waals surface area contributed by atoms with Crippen molar-refractivity contribution in [3.05, 3.63) is 87.9 Å². The molecule has 0 aliphatic heterocycles. The molecule has 0 saturated heterocycles. The molecule has 0 fully saturated rings. The van der Waals surface area contributed by atoms with Crippen molar-refractivity contribution in [2.24, 2.45) is 0 Å². The van der Waals surface area contributed by atoms with Crippen LogP contribution >= 0.6 is 11.6 Å². The lowest BCUT2D eigenvalue weighted by molar-refractivity contribution is -0.123. The summed E-state index contributed by atoms with van der Waals surface area (Å²) in [7, 11) is -3.75. The second-order valence-corrected chi connectivity index (χ2v) is 9.64. The Bertz CT molecular complexity index is 1230. The summed E-state index contributed by atoms with van der Waals surface area (Å²) in [4.78, 5) is 12.2. The van der Waals surface area contributed by atoms with Crippen molar-refractivity contribution in [1.82, 2.24) is 5.32 Å². The number of hydrogen-bond donors (Lipinski definition) is 2. The number of aryl methyl sites for hydroxylation is 3. The molecule has 1 amide bonds. The fourth-order valence-corrected chi connectivity index (χ4v) is 4.23. The van der Waals surface area contributed by atoms with Crippen molar-refractivity contribution >= 4 is 33.2 Å². The van der Waals surface area contributed by atoms with E-state index in [-0.39, 0.29) is 17.4 Å². The van der Waals surface area contributed by atoms with Gasteiger partial charge in [0, 0.05) is 17.3 Å². The molecule has 6 nitrogen and oxygen atoms in total. The number of halogens is 1. The Morgan fingerprint density at radius 2 is 1.62 bits per heavy atom. The highest BCUT2D eigenvalue weighted by atomic mass is 35.5. The van der Waals surface area contributed by atoms with Gasteiger partial charge >= 0.3 is 0 Å². The number of benzene rings is 3. The molecule has 2 N–H and O–H groups in total. The van der Waals surface area contributed by atoms with Crippen molar-refractivity contribution < 1.29 is 17.9 Å². The van der Waals surface area contributed by atoms with Crippen LogP contribution in [0.5, 0.6) is 5.75 Å². The predicted molar refractivity (Wildman–Crippen MR) is 127 cm³/mol. The van der Waals surface area contributed by atoms with Crippen LogP contribution < -0.4 is 14.8 Å². The SMILES string of the molecule is Cc1ccc(NS(=O)(=O)c2ccc(OCC(=O)NCc3ccc(Cl)cc3)c(C)c2)cc1C. The van der Waals surface area contributed by atoms with E-state index in [0.29, 0.717) is 28.6 Å². The summed E-state index contributed by atoms with van der Waals surface area (Å²) in [5, 5.41) is 3.40. The second-order valence-electron chi connectivity index (χ2n) is 7.52. The first-order valence-corrected chi connectivity index (χ1v) is 11.8. The molecule has 0 aromatic heterocycles. The third-order valence-corrected chi connectivity index (χ3v) is 6.61. The van der Waals surface area contributed by atoms with Gasteiger partial charge < -0.3 is 10.1 Å². The van der Waals surface area contributed by atoms with Crippen LogP contribution in [0, 0.1) is 20.8 Å². The van der Waals surface area contributed by atoms with Crippen LogP contribution in [0.25, 0.3) is 0 Å². The molecule has 0 aliphatic rings. The molecule has 0 bridgehead atoms. The zero-order valence-corrected chi connectivity index (χ0v) is 19.7. The smallest absolute Gasteiger partial charge is 0.261 e. The van der Waals surface area contributed by atoms with E-state index >= 15 is 0 Å². The van der Waals surface area contributed by atoms with Gasteiger partial charge in [-0.15, -0.1) is 0 Å². The topological polar surface area (TPSA) is 84.5 Å². The lowest BCUT2D eigenvalue weighted by Gasteiger charge is -2.13. The summed E-state index contributed by atoms with van der Waals surface area (Å²) in [6.07, 6.45) is 0. The van der Waals surface area contributed by atoms with E-state index in [0.717, 1.165) is 16.7 Å². The van der Waals surface area contributed by atoms with Crippen molar-refractivity contribution in [2.45, 2.75) is 32.2 Å². The Labute approximate surface area is 193 Å². The lowest BCUT2D eigenvalue weighted by Crippen LogP contribution is -2.28. The summed E-state index contributed by atoms with van der Waals surface area (Å²) >= 11 is 5.85. The standard InChI is InChI=1S/C24H25ClN2O4S/c1-16-4-9-21(12-17(16)2)27-32(29,30)22-10-11-23(18(3)13-22)31-15-24(28)26-14-19-5-7-20(25)8-6-19/h4-13,27H,14-15H2,1-3H3,(H,26,28). The van der Waals surface area contributed by atoms with Crippen LogP contribution in [-0.2, 0) is 21.4 Å². The fourth-order valence-electron chi connectivity index (χ4n) is 2.97. The highest BCUT2D eigenvalue weighted by Crippen LogP contribution is 2.24. The first kappa shape index (κ1) is 23.6. The monoisotopic (exact) mass is 472 g/mol. The van der Waals surface area contributed by atoms with Crippen LogP contribution in [0.3, 0.4) is 0 Å². The quantitative estimate of drug-likeness (QED) is 0.495. The summed E-state index contributed by atoms with van der Waals surface area (Å²) in [6.45, 7) is 5.81. The lowest BCUT2D eigenvalue weighted by atomic mass is 10.1. The largest absolute Gasteiger partial charge is 0.484 e. The number of carbonyl (C=O) groups excluding carboxylic acids is 1. The van der Waals surface area contributed by atoms with Gasteiger partial charge in [-0.1, -0.05) is 29.8 Å². The molecule has 8 heteroatoms. The number of hydrogen-bond acceptors (Lipinski definition) is 4. The average Bonchev–Trinajstić information content (AvgIpc) is 2.75. The Hall–Kier alpha value is -3.03. The highest BCUT2D eigenvalue weighted by Gasteiger charge is 2.16. The summed E-state index contributed by atoms with van der Waals surface area (Å²) in [6, 6.07) is 17.1. The molecule has 0 atom stereocenters. The van der Waals surface area contributed by atoms with E-state index in [1.807, 2.05) is 32.0 Å². The summed E-state index contributed by atoms with van der Waals surface area (Å²) < 4.78 is 33.7. The third kappa shape index (κ3) is 6.24. The Balaban J connectivity index is 1.59. The number of ether oxygens (including phenoxy) is 1. The molecular formula is C24H25ClN2O4S. The predicted octanol–water partition coefficient (Wildman–Crippen LogP) is 4.76. The van der Waals surface area contributed by atoms with E-state index in [1.54, 1.807) is 37.3 Å². The van der Waals surface area contributed by atoms with E-state index < -0.39 is 10.0 Å². The van der Waals surface area contributed by atoms with Crippen LogP contribution in [0.15, 0.2) is 65.6 Å². The van der Waals surface area contributed by atoms with Crippen molar-refractivity contribution in [3.63, 3.8) is 0 Å². The van der Waals surface area contributed by atoms with E-state index in [1.165, 1.54) is 12.1 Å². The molecule has 0 unspecified atom stereocenters. The normalized spacial score (nSPS) is 11.1. The van der Waals surface area contributed by atoms with Gasteiger partial charge in [0.1, 0.15) is 5.75 Å². The third-order valence-electron chi connectivity index (χ3n) is 4.98. The molecule has 168 valence electrons. The van der Waals surface area contributed by atoms with Gasteiger partial charge in [0.05, 0.1) is 4.90 Å². The maximum absolute atomic E-state index is 12.7.